The number of benzene rings is 4. The number of hydrogen-bond donors (Lipinski definition) is 1. The Kier molecular flexibility index (Phi) is 6.06. The fourth-order valence-corrected chi connectivity index (χ4v) is 4.35. The molecule has 0 bridgehead atoms. The second-order valence-corrected chi connectivity index (χ2v) is 7.93. The fourth-order valence-electron chi connectivity index (χ4n) is 4.35. The summed E-state index contributed by atoms with van der Waals surface area (Å²) in [6.45, 7) is 2.05. The molecule has 0 aliphatic heterocycles. The highest BCUT2D eigenvalue weighted by molar-refractivity contribution is 5.87. The number of rotatable bonds is 7. The van der Waals surface area contributed by atoms with E-state index in [2.05, 4.69) is 43.3 Å². The van der Waals surface area contributed by atoms with Crippen molar-refractivity contribution in [3.8, 4) is 17.2 Å². The number of methoxy groups -OCH3 is 3. The average Bonchev–Trinajstić information content (AvgIpc) is 2.83. The third kappa shape index (κ3) is 3.78. The van der Waals surface area contributed by atoms with Crippen molar-refractivity contribution in [2.45, 2.75) is 18.9 Å². The standard InChI is InChI=1S/C28H28O4/c1-19-12-14-20(15-13-19)18-28(29,23-11-7-9-21-8-5-6-10-22(21)23)24-16-17-25(30-2)27(32-4)26(24)31-3/h5-17,29H,18H2,1-4H3. The molecule has 0 saturated heterocycles. The molecule has 4 aromatic carbocycles. The zero-order chi connectivity index (χ0) is 22.7. The zero-order valence-corrected chi connectivity index (χ0v) is 18.9. The highest BCUT2D eigenvalue weighted by Crippen LogP contribution is 2.48. The van der Waals surface area contributed by atoms with Crippen LogP contribution in [0.2, 0.25) is 0 Å². The molecular weight excluding hydrogens is 400 g/mol. The predicted molar refractivity (Wildman–Crippen MR) is 128 cm³/mol. The Morgan fingerprint density at radius 3 is 2.06 bits per heavy atom. The van der Waals surface area contributed by atoms with Crippen molar-refractivity contribution in [1.29, 1.82) is 0 Å². The van der Waals surface area contributed by atoms with Gasteiger partial charge in [-0.2, -0.15) is 0 Å². The third-order valence-electron chi connectivity index (χ3n) is 5.97. The van der Waals surface area contributed by atoms with Crippen molar-refractivity contribution >= 4 is 10.8 Å². The molecule has 0 aliphatic carbocycles. The Bertz CT molecular complexity index is 1220. The first-order chi connectivity index (χ1) is 15.5. The van der Waals surface area contributed by atoms with Crippen LogP contribution in [0.3, 0.4) is 0 Å². The van der Waals surface area contributed by atoms with E-state index in [1.807, 2.05) is 42.5 Å². The lowest BCUT2D eigenvalue weighted by molar-refractivity contribution is 0.0791. The van der Waals surface area contributed by atoms with Crippen molar-refractivity contribution in [2.24, 2.45) is 0 Å². The van der Waals surface area contributed by atoms with Gasteiger partial charge >= 0.3 is 0 Å². The Morgan fingerprint density at radius 1 is 0.688 bits per heavy atom. The smallest absolute Gasteiger partial charge is 0.203 e. The monoisotopic (exact) mass is 428 g/mol. The van der Waals surface area contributed by atoms with Crippen LogP contribution in [0.5, 0.6) is 17.2 Å². The second kappa shape index (κ2) is 8.93. The summed E-state index contributed by atoms with van der Waals surface area (Å²) in [5.41, 5.74) is 2.24. The molecule has 0 fully saturated rings. The van der Waals surface area contributed by atoms with Crippen LogP contribution < -0.4 is 14.2 Å². The van der Waals surface area contributed by atoms with Crippen LogP contribution in [0.25, 0.3) is 10.8 Å². The van der Waals surface area contributed by atoms with Gasteiger partial charge in [-0.3, -0.25) is 0 Å². The first-order valence-electron chi connectivity index (χ1n) is 10.6. The summed E-state index contributed by atoms with van der Waals surface area (Å²) < 4.78 is 16.9. The van der Waals surface area contributed by atoms with Gasteiger partial charge in [-0.25, -0.2) is 0 Å². The van der Waals surface area contributed by atoms with Crippen LogP contribution in [0.1, 0.15) is 22.3 Å². The van der Waals surface area contributed by atoms with Crippen LogP contribution in [-0.4, -0.2) is 26.4 Å². The number of aryl methyl sites for hydroxylation is 1. The van der Waals surface area contributed by atoms with Crippen molar-refractivity contribution in [3.05, 3.63) is 101 Å². The summed E-state index contributed by atoms with van der Waals surface area (Å²) in [5, 5.41) is 14.5. The molecule has 0 aliphatic rings. The number of hydrogen-bond acceptors (Lipinski definition) is 4. The van der Waals surface area contributed by atoms with Crippen LogP contribution >= 0.6 is 0 Å². The predicted octanol–water partition coefficient (Wildman–Crippen LogP) is 5.65. The molecule has 4 aromatic rings. The molecule has 0 amide bonds. The minimum atomic E-state index is -1.37. The SMILES string of the molecule is COc1ccc(C(O)(Cc2ccc(C)cc2)c2cccc3ccccc23)c(OC)c1OC. The second-order valence-electron chi connectivity index (χ2n) is 7.93. The van der Waals surface area contributed by atoms with E-state index in [-0.39, 0.29) is 0 Å². The first kappa shape index (κ1) is 21.7. The molecule has 0 radical (unpaired) electrons. The van der Waals surface area contributed by atoms with E-state index in [1.165, 1.54) is 5.56 Å². The van der Waals surface area contributed by atoms with E-state index < -0.39 is 5.60 Å². The Balaban J connectivity index is 2.01. The molecule has 1 unspecified atom stereocenters. The summed E-state index contributed by atoms with van der Waals surface area (Å²) in [5.74, 6) is 1.45. The lowest BCUT2D eigenvalue weighted by Crippen LogP contribution is -2.31. The molecule has 0 heterocycles. The van der Waals surface area contributed by atoms with E-state index in [0.717, 1.165) is 21.9 Å². The van der Waals surface area contributed by atoms with Gasteiger partial charge in [0.1, 0.15) is 5.60 Å². The molecule has 0 aromatic heterocycles. The largest absolute Gasteiger partial charge is 0.493 e. The van der Waals surface area contributed by atoms with Gasteiger partial charge in [-0.05, 0) is 41.0 Å². The highest BCUT2D eigenvalue weighted by Gasteiger charge is 2.38. The number of fused-ring (bicyclic) bond motifs is 1. The van der Waals surface area contributed by atoms with Crippen LogP contribution in [0.15, 0.2) is 78.9 Å². The molecule has 32 heavy (non-hydrogen) atoms. The third-order valence-corrected chi connectivity index (χ3v) is 5.97. The summed E-state index contributed by atoms with van der Waals surface area (Å²) in [6, 6.07) is 26.0. The summed E-state index contributed by atoms with van der Waals surface area (Å²) in [4.78, 5) is 0. The van der Waals surface area contributed by atoms with E-state index in [4.69, 9.17) is 14.2 Å². The van der Waals surface area contributed by atoms with E-state index in [0.29, 0.717) is 29.2 Å². The lowest BCUT2D eigenvalue weighted by atomic mass is 9.78. The van der Waals surface area contributed by atoms with Gasteiger partial charge in [0.05, 0.1) is 21.3 Å². The first-order valence-corrected chi connectivity index (χ1v) is 10.6. The summed E-state index contributed by atoms with van der Waals surface area (Å²) in [7, 11) is 4.73. The maximum Gasteiger partial charge on any atom is 0.203 e. The summed E-state index contributed by atoms with van der Waals surface area (Å²) >= 11 is 0. The fraction of sp³-hybridized carbons (Fsp3) is 0.214. The van der Waals surface area contributed by atoms with E-state index in [9.17, 15) is 5.11 Å². The Labute approximate surface area is 189 Å². The van der Waals surface area contributed by atoms with Gasteiger partial charge in [0.25, 0.3) is 0 Å². The van der Waals surface area contributed by atoms with Gasteiger partial charge < -0.3 is 19.3 Å². The molecule has 4 heteroatoms. The van der Waals surface area contributed by atoms with Crippen LogP contribution in [-0.2, 0) is 12.0 Å². The zero-order valence-electron chi connectivity index (χ0n) is 18.9. The Hall–Kier alpha value is -3.50. The Morgan fingerprint density at radius 2 is 1.38 bits per heavy atom. The topological polar surface area (TPSA) is 47.9 Å². The van der Waals surface area contributed by atoms with Gasteiger partial charge in [0.15, 0.2) is 11.5 Å². The van der Waals surface area contributed by atoms with Crippen LogP contribution in [0.4, 0.5) is 0 Å². The minimum Gasteiger partial charge on any atom is -0.493 e. The minimum absolute atomic E-state index is 0.368. The maximum absolute atomic E-state index is 12.5. The van der Waals surface area contributed by atoms with Gasteiger partial charge in [-0.15, -0.1) is 0 Å². The van der Waals surface area contributed by atoms with E-state index in [1.54, 1.807) is 21.3 Å². The molecule has 164 valence electrons. The van der Waals surface area contributed by atoms with Gasteiger partial charge in [0.2, 0.25) is 5.75 Å². The van der Waals surface area contributed by atoms with Crippen molar-refractivity contribution in [2.75, 3.05) is 21.3 Å². The van der Waals surface area contributed by atoms with E-state index >= 15 is 0 Å². The maximum atomic E-state index is 12.5. The average molecular weight is 429 g/mol. The van der Waals surface area contributed by atoms with Crippen molar-refractivity contribution in [1.82, 2.24) is 0 Å². The number of ether oxygens (including phenoxy) is 3. The quantitative estimate of drug-likeness (QED) is 0.413. The number of aliphatic hydroxyl groups is 1. The van der Waals surface area contributed by atoms with Crippen molar-refractivity contribution < 1.29 is 19.3 Å². The summed E-state index contributed by atoms with van der Waals surface area (Å²) in [6.07, 6.45) is 0.368. The van der Waals surface area contributed by atoms with Gasteiger partial charge in [0, 0.05) is 12.0 Å². The molecule has 1 N–H and O–H groups in total. The molecular formula is C28H28O4. The van der Waals surface area contributed by atoms with Crippen LogP contribution in [0, 0.1) is 6.92 Å². The molecule has 4 nitrogen and oxygen atoms in total. The van der Waals surface area contributed by atoms with Crippen molar-refractivity contribution in [3.63, 3.8) is 0 Å². The molecule has 1 atom stereocenters. The normalized spacial score (nSPS) is 12.9. The van der Waals surface area contributed by atoms with Gasteiger partial charge in [-0.1, -0.05) is 72.3 Å². The molecule has 4 rings (SSSR count). The molecule has 0 saturated carbocycles. The molecule has 0 spiro atoms. The highest BCUT2D eigenvalue weighted by atomic mass is 16.5. The lowest BCUT2D eigenvalue weighted by Gasteiger charge is -2.33.